The summed E-state index contributed by atoms with van der Waals surface area (Å²) < 4.78 is 48.4. The van der Waals surface area contributed by atoms with Crippen LogP contribution < -0.4 is 11.1 Å². The van der Waals surface area contributed by atoms with E-state index in [2.05, 4.69) is 25.2 Å². The molecule has 126 valence electrons. The van der Waals surface area contributed by atoms with Gasteiger partial charge in [-0.1, -0.05) is 11.6 Å². The number of hydrogen-bond acceptors (Lipinski definition) is 8. The predicted molar refractivity (Wildman–Crippen MR) is 71.4 cm³/mol. The van der Waals surface area contributed by atoms with Crippen LogP contribution in [0.3, 0.4) is 0 Å². The van der Waals surface area contributed by atoms with Crippen molar-refractivity contribution in [3.63, 3.8) is 0 Å². The molecule has 0 saturated carbocycles. The van der Waals surface area contributed by atoms with Crippen molar-refractivity contribution in [1.82, 2.24) is 15.2 Å². The first kappa shape index (κ1) is 18.6. The number of rotatable bonds is 10. The van der Waals surface area contributed by atoms with E-state index >= 15 is 0 Å². The lowest BCUT2D eigenvalue weighted by Gasteiger charge is -2.08. The van der Waals surface area contributed by atoms with E-state index < -0.39 is 13.0 Å². The third-order valence-electron chi connectivity index (χ3n) is 2.07. The van der Waals surface area contributed by atoms with Crippen LogP contribution in [0.25, 0.3) is 0 Å². The smallest absolute Gasteiger partial charge is 0.381 e. The number of nitrogens with two attached hydrogens (primary N) is 1. The molecular weight excluding hydrogens is 331 g/mol. The Labute approximate surface area is 129 Å². The first-order valence-electron chi connectivity index (χ1n) is 6.14. The number of alkyl halides is 3. The summed E-state index contributed by atoms with van der Waals surface area (Å²) in [4.78, 5) is 3.84. The fraction of sp³-hybridized carbons (Fsp3) is 0.700. The van der Waals surface area contributed by atoms with Gasteiger partial charge in [0.05, 0.1) is 33.0 Å². The van der Waals surface area contributed by atoms with Crippen molar-refractivity contribution in [2.45, 2.75) is 6.36 Å². The van der Waals surface area contributed by atoms with Gasteiger partial charge in [0, 0.05) is 6.54 Å². The van der Waals surface area contributed by atoms with Crippen LogP contribution in [0.15, 0.2) is 0 Å². The van der Waals surface area contributed by atoms with Gasteiger partial charge in [0.1, 0.15) is 0 Å². The predicted octanol–water partition coefficient (Wildman–Crippen LogP) is 1.09. The first-order valence-corrected chi connectivity index (χ1v) is 6.52. The number of nitrogen functional groups attached to an aromatic ring is 1. The summed E-state index contributed by atoms with van der Waals surface area (Å²) in [6.45, 7) is 0.384. The average Bonchev–Trinajstić information content (AvgIpc) is 2.43. The zero-order valence-electron chi connectivity index (χ0n) is 11.4. The Kier molecular flexibility index (Phi) is 8.09. The van der Waals surface area contributed by atoms with Crippen LogP contribution in [0.2, 0.25) is 5.15 Å². The van der Waals surface area contributed by atoms with Crippen molar-refractivity contribution >= 4 is 23.4 Å². The zero-order valence-corrected chi connectivity index (χ0v) is 12.2. The van der Waals surface area contributed by atoms with Crippen LogP contribution in [0, 0.1) is 0 Å². The van der Waals surface area contributed by atoms with Gasteiger partial charge < -0.3 is 20.5 Å². The summed E-state index contributed by atoms with van der Waals surface area (Å²) in [6, 6.07) is 0. The maximum Gasteiger partial charge on any atom is 0.522 e. The van der Waals surface area contributed by atoms with E-state index in [1.807, 2.05) is 0 Å². The van der Waals surface area contributed by atoms with Crippen LogP contribution in [0.5, 0.6) is 0 Å². The zero-order chi connectivity index (χ0) is 16.4. The SMILES string of the molecule is Nc1nc(NCCOCCOCCOC(F)(F)F)nnc1Cl. The van der Waals surface area contributed by atoms with Crippen molar-refractivity contribution < 1.29 is 27.4 Å². The molecule has 12 heteroatoms. The van der Waals surface area contributed by atoms with Crippen molar-refractivity contribution in [2.24, 2.45) is 0 Å². The van der Waals surface area contributed by atoms with Gasteiger partial charge in [-0.2, -0.15) is 4.98 Å². The number of halogens is 4. The quantitative estimate of drug-likeness (QED) is 0.607. The highest BCUT2D eigenvalue weighted by Crippen LogP contribution is 2.15. The molecule has 0 bridgehead atoms. The van der Waals surface area contributed by atoms with E-state index in [-0.39, 0.29) is 36.7 Å². The molecule has 1 rings (SSSR count). The fourth-order valence-electron chi connectivity index (χ4n) is 1.17. The van der Waals surface area contributed by atoms with Gasteiger partial charge in [0.25, 0.3) is 0 Å². The molecule has 0 aliphatic heterocycles. The lowest BCUT2D eigenvalue weighted by atomic mass is 10.6. The number of hydrogen-bond donors (Lipinski definition) is 2. The van der Waals surface area contributed by atoms with Crippen molar-refractivity contribution in [3.8, 4) is 0 Å². The molecule has 0 aromatic carbocycles. The molecule has 0 aliphatic rings. The van der Waals surface area contributed by atoms with Crippen LogP contribution >= 0.6 is 11.6 Å². The minimum Gasteiger partial charge on any atom is -0.381 e. The van der Waals surface area contributed by atoms with Gasteiger partial charge >= 0.3 is 6.36 Å². The molecular formula is C10H15ClF3N5O3. The highest BCUT2D eigenvalue weighted by Gasteiger charge is 2.28. The van der Waals surface area contributed by atoms with Crippen LogP contribution in [0.1, 0.15) is 0 Å². The standard InChI is InChI=1S/C10H15ClF3N5O3/c11-7-8(15)17-9(19-18-7)16-1-2-20-3-4-21-5-6-22-10(12,13)14/h1-6H2,(H3,15,16,17,19). The van der Waals surface area contributed by atoms with E-state index in [0.717, 1.165) is 0 Å². The molecule has 1 aromatic heterocycles. The topological polar surface area (TPSA) is 104 Å². The molecule has 0 spiro atoms. The Bertz CT molecular complexity index is 452. The van der Waals surface area contributed by atoms with Gasteiger partial charge in [-0.25, -0.2) is 0 Å². The molecule has 1 heterocycles. The molecule has 0 unspecified atom stereocenters. The van der Waals surface area contributed by atoms with Crippen molar-refractivity contribution in [3.05, 3.63) is 5.15 Å². The van der Waals surface area contributed by atoms with Crippen LogP contribution in [-0.2, 0) is 14.2 Å². The largest absolute Gasteiger partial charge is 0.522 e. The van der Waals surface area contributed by atoms with E-state index in [4.69, 9.17) is 26.8 Å². The van der Waals surface area contributed by atoms with E-state index in [1.54, 1.807) is 0 Å². The summed E-state index contributed by atoms with van der Waals surface area (Å²) in [5, 5.41) is 10.0. The molecule has 0 aliphatic carbocycles. The number of anilines is 2. The third-order valence-corrected chi connectivity index (χ3v) is 2.33. The molecule has 0 saturated heterocycles. The number of nitrogens with zero attached hydrogens (tertiary/aromatic N) is 3. The van der Waals surface area contributed by atoms with Gasteiger partial charge in [-0.15, -0.1) is 23.4 Å². The van der Waals surface area contributed by atoms with Gasteiger partial charge in [0.15, 0.2) is 11.0 Å². The lowest BCUT2D eigenvalue weighted by Crippen LogP contribution is -2.18. The Morgan fingerprint density at radius 3 is 2.32 bits per heavy atom. The maximum atomic E-state index is 11.6. The Balaban J connectivity index is 1.94. The number of ether oxygens (including phenoxy) is 3. The van der Waals surface area contributed by atoms with Crippen molar-refractivity contribution in [1.29, 1.82) is 0 Å². The second-order valence-corrected chi connectivity index (χ2v) is 4.12. The summed E-state index contributed by atoms with van der Waals surface area (Å²) in [5.74, 6) is 0.278. The summed E-state index contributed by atoms with van der Waals surface area (Å²) in [7, 11) is 0. The highest BCUT2D eigenvalue weighted by molar-refractivity contribution is 6.31. The fourth-order valence-corrected chi connectivity index (χ4v) is 1.25. The monoisotopic (exact) mass is 345 g/mol. The van der Waals surface area contributed by atoms with E-state index in [1.165, 1.54) is 0 Å². The summed E-state index contributed by atoms with van der Waals surface area (Å²) in [6.07, 6.45) is -4.63. The van der Waals surface area contributed by atoms with Gasteiger partial charge in [-0.3, -0.25) is 4.74 Å². The molecule has 22 heavy (non-hydrogen) atoms. The Morgan fingerprint density at radius 1 is 1.05 bits per heavy atom. The number of nitrogens with one attached hydrogen (secondary N) is 1. The molecule has 1 aromatic rings. The normalized spacial score (nSPS) is 11.6. The average molecular weight is 346 g/mol. The minimum atomic E-state index is -4.63. The second kappa shape index (κ2) is 9.56. The van der Waals surface area contributed by atoms with Crippen molar-refractivity contribution in [2.75, 3.05) is 50.6 Å². The molecule has 3 N–H and O–H groups in total. The minimum absolute atomic E-state index is 0.0217. The molecule has 0 radical (unpaired) electrons. The van der Waals surface area contributed by atoms with E-state index in [0.29, 0.717) is 13.2 Å². The van der Waals surface area contributed by atoms with Gasteiger partial charge in [0.2, 0.25) is 5.95 Å². The summed E-state index contributed by atoms with van der Waals surface area (Å²) in [5.41, 5.74) is 5.44. The van der Waals surface area contributed by atoms with Gasteiger partial charge in [-0.05, 0) is 0 Å². The van der Waals surface area contributed by atoms with E-state index in [9.17, 15) is 13.2 Å². The van der Waals surface area contributed by atoms with Crippen LogP contribution in [0.4, 0.5) is 24.9 Å². The first-order chi connectivity index (χ1) is 10.4. The molecule has 0 fully saturated rings. The molecule has 0 atom stereocenters. The number of aromatic nitrogens is 3. The highest BCUT2D eigenvalue weighted by atomic mass is 35.5. The summed E-state index contributed by atoms with van der Waals surface area (Å²) >= 11 is 5.56. The third kappa shape index (κ3) is 8.77. The molecule has 8 nitrogen and oxygen atoms in total. The maximum absolute atomic E-state index is 11.6. The lowest BCUT2D eigenvalue weighted by molar-refractivity contribution is -0.327. The Hall–Kier alpha value is -1.43. The molecule has 0 amide bonds. The van der Waals surface area contributed by atoms with Crippen LogP contribution in [-0.4, -0.2) is 61.1 Å². The Morgan fingerprint density at radius 2 is 1.68 bits per heavy atom. The second-order valence-electron chi connectivity index (χ2n) is 3.76.